The number of ketones is 1. The number of ether oxygens (including phenoxy) is 2. The van der Waals surface area contributed by atoms with Crippen LogP contribution in [0.5, 0.6) is 0 Å². The summed E-state index contributed by atoms with van der Waals surface area (Å²) < 4.78 is 10.1. The quantitative estimate of drug-likeness (QED) is 0.0946. The van der Waals surface area contributed by atoms with E-state index in [1.54, 1.807) is 32.7 Å². The van der Waals surface area contributed by atoms with E-state index in [1.165, 1.54) is 6.42 Å². The molecule has 3 amide bonds. The third-order valence-corrected chi connectivity index (χ3v) is 8.09. The molecule has 2 unspecified atom stereocenters. The van der Waals surface area contributed by atoms with Gasteiger partial charge in [0.1, 0.15) is 6.10 Å². The van der Waals surface area contributed by atoms with Crippen LogP contribution in [0.4, 0.5) is 0 Å². The molecule has 0 aliphatic heterocycles. The van der Waals surface area contributed by atoms with E-state index in [-0.39, 0.29) is 40.9 Å². The molecular weight excluding hydrogens is 602 g/mol. The van der Waals surface area contributed by atoms with Gasteiger partial charge in [0.2, 0.25) is 17.7 Å². The molecule has 0 aliphatic rings. The van der Waals surface area contributed by atoms with E-state index in [2.05, 4.69) is 57.5 Å². The minimum atomic E-state index is -0.225. The van der Waals surface area contributed by atoms with E-state index >= 15 is 0 Å². The normalized spacial score (nSPS) is 12.2. The predicted molar refractivity (Wildman–Crippen MR) is 195 cm³/mol. The van der Waals surface area contributed by atoms with Crippen LogP contribution in [0.15, 0.2) is 0 Å². The maximum atomic E-state index is 11.9. The van der Waals surface area contributed by atoms with Gasteiger partial charge in [-0.05, 0) is 77.6 Å². The van der Waals surface area contributed by atoms with Gasteiger partial charge < -0.3 is 25.4 Å². The van der Waals surface area contributed by atoms with Crippen LogP contribution in [-0.2, 0) is 28.7 Å². The highest BCUT2D eigenvalue weighted by Crippen LogP contribution is 2.14. The van der Waals surface area contributed by atoms with E-state index in [4.69, 9.17) is 9.47 Å². The van der Waals surface area contributed by atoms with Crippen LogP contribution < -0.4 is 16.0 Å². The highest BCUT2D eigenvalue weighted by Gasteiger charge is 2.17. The fraction of sp³-hybridized carbons (Fsp3) is 0.889. The van der Waals surface area contributed by atoms with Crippen molar-refractivity contribution in [3.8, 4) is 0 Å². The molecule has 0 aliphatic carbocycles. The smallest absolute Gasteiger partial charge is 0.233 e. The molecule has 3 N–H and O–H groups in total. The standard InChI is InChI=1S/C16H32N2O2S.C10H21NO2.C10H20O2/c1-6-14(16(20)18-13(4)5)21-11-10-17-15(19)9-7-8-12(2)3;1-9(2)5-4-6-10(12)11-7-8-13-3;1-8(2)6-5-7-12-10(4)9(3)11/h12-14H,6-11H2,1-5H3,(H,17,19)(H,18,20);9H,4-8H2,1-3H3,(H,11,12);8,10H,5-7H2,1-4H3. The number of nitrogens with one attached hydrogen (secondary N) is 3. The zero-order chi connectivity index (χ0) is 35.9. The molecule has 0 rings (SSSR count). The molecule has 0 radical (unpaired) electrons. The molecule has 0 aromatic heterocycles. The number of hydrogen-bond donors (Lipinski definition) is 3. The van der Waals surface area contributed by atoms with E-state index in [1.807, 2.05) is 20.8 Å². The third kappa shape index (κ3) is 38.5. The molecular formula is C36H73N3O6S. The molecule has 0 saturated carbocycles. The Labute approximate surface area is 287 Å². The predicted octanol–water partition coefficient (Wildman–Crippen LogP) is 6.96. The van der Waals surface area contributed by atoms with Gasteiger partial charge in [-0.25, -0.2) is 0 Å². The fourth-order valence-electron chi connectivity index (χ4n) is 3.83. The Hall–Kier alpha value is -1.65. The number of thioether (sulfide) groups is 1. The summed E-state index contributed by atoms with van der Waals surface area (Å²) in [4.78, 5) is 45.4. The maximum absolute atomic E-state index is 11.9. The van der Waals surface area contributed by atoms with Gasteiger partial charge in [0.05, 0.1) is 11.9 Å². The monoisotopic (exact) mass is 676 g/mol. The van der Waals surface area contributed by atoms with Crippen LogP contribution in [0, 0.1) is 17.8 Å². The second-order valence-electron chi connectivity index (χ2n) is 13.4. The van der Waals surface area contributed by atoms with E-state index in [0.29, 0.717) is 51.0 Å². The van der Waals surface area contributed by atoms with Crippen LogP contribution in [0.2, 0.25) is 0 Å². The van der Waals surface area contributed by atoms with E-state index in [9.17, 15) is 19.2 Å². The zero-order valence-corrected chi connectivity index (χ0v) is 32.5. The van der Waals surface area contributed by atoms with Crippen LogP contribution in [0.25, 0.3) is 0 Å². The van der Waals surface area contributed by atoms with Gasteiger partial charge in [-0.1, -0.05) is 61.3 Å². The number of amides is 3. The van der Waals surface area contributed by atoms with Crippen molar-refractivity contribution in [3.05, 3.63) is 0 Å². The van der Waals surface area contributed by atoms with Gasteiger partial charge in [-0.3, -0.25) is 19.2 Å². The molecule has 0 heterocycles. The van der Waals surface area contributed by atoms with Gasteiger partial charge in [0.15, 0.2) is 5.78 Å². The van der Waals surface area contributed by atoms with Crippen molar-refractivity contribution < 1.29 is 28.7 Å². The molecule has 0 fully saturated rings. The molecule has 0 spiro atoms. The Balaban J connectivity index is -0.000000639. The SMILES string of the molecule is CC(=O)C(C)OCCCC(C)C.CCC(SCCNC(=O)CCCC(C)C)C(=O)NC(C)C.COCCNC(=O)CCCC(C)C. The number of Topliss-reactive ketones (excluding diaryl/α,β-unsaturated/α-hetero) is 1. The molecule has 9 nitrogen and oxygen atoms in total. The number of carbonyl (C=O) groups excluding carboxylic acids is 4. The summed E-state index contributed by atoms with van der Waals surface area (Å²) in [6.45, 7) is 24.9. The summed E-state index contributed by atoms with van der Waals surface area (Å²) in [5, 5.41) is 8.63. The van der Waals surface area contributed by atoms with Gasteiger partial charge in [-0.15, -0.1) is 11.8 Å². The second-order valence-corrected chi connectivity index (χ2v) is 14.7. The largest absolute Gasteiger partial charge is 0.383 e. The lowest BCUT2D eigenvalue weighted by atomic mass is 10.1. The minimum absolute atomic E-state index is 0.0229. The van der Waals surface area contributed by atoms with Crippen molar-refractivity contribution in [2.75, 3.05) is 39.2 Å². The third-order valence-electron chi connectivity index (χ3n) is 6.70. The fourth-order valence-corrected chi connectivity index (χ4v) is 4.79. The lowest BCUT2D eigenvalue weighted by Crippen LogP contribution is -2.37. The van der Waals surface area contributed by atoms with E-state index in [0.717, 1.165) is 50.2 Å². The molecule has 0 aromatic rings. The average molecular weight is 676 g/mol. The molecule has 2 atom stereocenters. The van der Waals surface area contributed by atoms with Crippen molar-refractivity contribution in [2.24, 2.45) is 17.8 Å². The average Bonchev–Trinajstić information content (AvgIpc) is 2.95. The molecule has 274 valence electrons. The van der Waals surface area contributed by atoms with Crippen molar-refractivity contribution >= 4 is 35.3 Å². The van der Waals surface area contributed by atoms with E-state index < -0.39 is 0 Å². The Kier molecular flexibility index (Phi) is 35.2. The van der Waals surface area contributed by atoms with Crippen molar-refractivity contribution in [3.63, 3.8) is 0 Å². The van der Waals surface area contributed by atoms with Gasteiger partial charge in [0, 0.05) is 51.4 Å². The Morgan fingerprint density at radius 1 is 0.696 bits per heavy atom. The van der Waals surface area contributed by atoms with Gasteiger partial charge >= 0.3 is 0 Å². The first-order chi connectivity index (χ1) is 21.6. The Morgan fingerprint density at radius 2 is 1.17 bits per heavy atom. The lowest BCUT2D eigenvalue weighted by molar-refractivity contribution is -0.127. The van der Waals surface area contributed by atoms with Crippen LogP contribution >= 0.6 is 11.8 Å². The highest BCUT2D eigenvalue weighted by molar-refractivity contribution is 8.00. The van der Waals surface area contributed by atoms with Crippen LogP contribution in [0.1, 0.15) is 134 Å². The summed E-state index contributed by atoms with van der Waals surface area (Å²) in [6, 6.07) is 0.174. The Morgan fingerprint density at radius 3 is 1.59 bits per heavy atom. The van der Waals surface area contributed by atoms with Crippen molar-refractivity contribution in [2.45, 2.75) is 151 Å². The number of rotatable bonds is 24. The lowest BCUT2D eigenvalue weighted by Gasteiger charge is -2.16. The summed E-state index contributed by atoms with van der Waals surface area (Å²) in [6.07, 6.45) is 8.20. The van der Waals surface area contributed by atoms with Crippen LogP contribution in [-0.4, -0.2) is 80.1 Å². The van der Waals surface area contributed by atoms with Crippen molar-refractivity contribution in [1.29, 1.82) is 0 Å². The number of hydrogen-bond acceptors (Lipinski definition) is 7. The first-order valence-corrected chi connectivity index (χ1v) is 18.7. The molecule has 0 aromatic carbocycles. The second kappa shape index (κ2) is 33.3. The zero-order valence-electron chi connectivity index (χ0n) is 31.7. The topological polar surface area (TPSA) is 123 Å². The van der Waals surface area contributed by atoms with Gasteiger partial charge in [0.25, 0.3) is 0 Å². The highest BCUT2D eigenvalue weighted by atomic mass is 32.2. The summed E-state index contributed by atoms with van der Waals surface area (Å²) >= 11 is 1.62. The molecule has 10 heteroatoms. The first kappa shape index (κ1) is 48.7. The molecule has 0 saturated heterocycles. The number of carbonyl (C=O) groups is 4. The van der Waals surface area contributed by atoms with Gasteiger partial charge in [-0.2, -0.15) is 0 Å². The van der Waals surface area contributed by atoms with Crippen molar-refractivity contribution in [1.82, 2.24) is 16.0 Å². The molecule has 46 heavy (non-hydrogen) atoms. The Bertz CT molecular complexity index is 762. The summed E-state index contributed by atoms with van der Waals surface area (Å²) in [5.41, 5.74) is 0. The summed E-state index contributed by atoms with van der Waals surface area (Å²) in [5.74, 6) is 3.31. The molecule has 0 bridgehead atoms. The maximum Gasteiger partial charge on any atom is 0.233 e. The first-order valence-electron chi connectivity index (χ1n) is 17.6. The van der Waals surface area contributed by atoms with Crippen LogP contribution in [0.3, 0.4) is 0 Å². The number of methoxy groups -OCH3 is 1. The summed E-state index contributed by atoms with van der Waals surface area (Å²) in [7, 11) is 1.63. The minimum Gasteiger partial charge on any atom is -0.383 e.